The Balaban J connectivity index is 1.57. The summed E-state index contributed by atoms with van der Waals surface area (Å²) in [6.45, 7) is 0. The molecule has 0 fully saturated rings. The number of methoxy groups -OCH3 is 4. The van der Waals surface area contributed by atoms with E-state index in [1.54, 1.807) is 28.4 Å². The molecule has 2 heterocycles. The minimum atomic E-state index is 0.729. The number of ether oxygens (including phenoxy) is 4. The highest BCUT2D eigenvalue weighted by Gasteiger charge is 2.09. The van der Waals surface area contributed by atoms with Crippen molar-refractivity contribution < 1.29 is 18.9 Å². The lowest BCUT2D eigenvalue weighted by Crippen LogP contribution is -1.96. The molecule has 6 nitrogen and oxygen atoms in total. The van der Waals surface area contributed by atoms with Crippen LogP contribution in [0.2, 0.25) is 0 Å². The molecule has 0 saturated heterocycles. The third kappa shape index (κ3) is 5.64. The van der Waals surface area contributed by atoms with Crippen LogP contribution in [0.15, 0.2) is 73.1 Å². The van der Waals surface area contributed by atoms with Crippen LogP contribution in [-0.2, 0) is 12.8 Å². The lowest BCUT2D eigenvalue weighted by atomic mass is 10.0. The molecule has 0 aliphatic carbocycles. The van der Waals surface area contributed by atoms with Crippen molar-refractivity contribution in [2.75, 3.05) is 28.4 Å². The van der Waals surface area contributed by atoms with Crippen LogP contribution in [0.5, 0.6) is 23.0 Å². The lowest BCUT2D eigenvalue weighted by Gasteiger charge is -2.10. The Hall–Kier alpha value is -4.06. The third-order valence-corrected chi connectivity index (χ3v) is 5.55. The zero-order valence-electron chi connectivity index (χ0n) is 19.9. The predicted octanol–water partition coefficient (Wildman–Crippen LogP) is 5.36. The van der Waals surface area contributed by atoms with Crippen molar-refractivity contribution in [1.29, 1.82) is 0 Å². The zero-order chi connectivity index (χ0) is 23.9. The van der Waals surface area contributed by atoms with Crippen LogP contribution in [-0.4, -0.2) is 38.4 Å². The summed E-state index contributed by atoms with van der Waals surface area (Å²) in [6, 6.07) is 20.0. The van der Waals surface area contributed by atoms with Gasteiger partial charge in [-0.3, -0.25) is 9.97 Å². The minimum Gasteiger partial charge on any atom is -0.497 e. The average Bonchev–Trinajstić information content (AvgIpc) is 2.88. The van der Waals surface area contributed by atoms with E-state index in [1.165, 1.54) is 0 Å². The van der Waals surface area contributed by atoms with Crippen molar-refractivity contribution >= 4 is 0 Å². The molecule has 2 aromatic heterocycles. The van der Waals surface area contributed by atoms with E-state index in [1.807, 2.05) is 60.9 Å². The first-order chi connectivity index (χ1) is 16.6. The summed E-state index contributed by atoms with van der Waals surface area (Å²) in [7, 11) is 6.62. The molecule has 0 N–H and O–H groups in total. The SMILES string of the molecule is COc1cc(Cc2ccnc(-c3cc(Cc4cc(OC)cc(OC)c4)ccn3)c2)cc(OC)c1. The molecule has 0 amide bonds. The normalized spacial score (nSPS) is 10.6. The van der Waals surface area contributed by atoms with E-state index in [0.29, 0.717) is 0 Å². The van der Waals surface area contributed by atoms with Crippen LogP contribution in [0.1, 0.15) is 22.3 Å². The summed E-state index contributed by atoms with van der Waals surface area (Å²) < 4.78 is 21.6. The van der Waals surface area contributed by atoms with E-state index in [0.717, 1.165) is 69.5 Å². The van der Waals surface area contributed by atoms with Crippen LogP contribution in [0.3, 0.4) is 0 Å². The van der Waals surface area contributed by atoms with Gasteiger partial charge < -0.3 is 18.9 Å². The van der Waals surface area contributed by atoms with Crippen molar-refractivity contribution in [3.05, 3.63) is 95.3 Å². The Morgan fingerprint density at radius 1 is 0.471 bits per heavy atom. The van der Waals surface area contributed by atoms with Crippen molar-refractivity contribution in [3.63, 3.8) is 0 Å². The standard InChI is InChI=1S/C28H28N2O4/c1-31-23-11-21(12-24(17-23)32-2)9-19-5-7-29-27(15-19)28-16-20(6-8-30-28)10-22-13-25(33-3)18-26(14-22)34-4/h5-8,11-18H,9-10H2,1-4H3. The zero-order valence-corrected chi connectivity index (χ0v) is 19.9. The summed E-state index contributed by atoms with van der Waals surface area (Å²) >= 11 is 0. The van der Waals surface area contributed by atoms with Crippen molar-refractivity contribution in [3.8, 4) is 34.4 Å². The first-order valence-electron chi connectivity index (χ1n) is 10.9. The summed E-state index contributed by atoms with van der Waals surface area (Å²) in [4.78, 5) is 9.14. The molecule has 2 aromatic carbocycles. The molecule has 174 valence electrons. The van der Waals surface area contributed by atoms with E-state index in [4.69, 9.17) is 18.9 Å². The molecule has 0 radical (unpaired) electrons. The topological polar surface area (TPSA) is 62.7 Å². The van der Waals surface area contributed by atoms with E-state index in [9.17, 15) is 0 Å². The quantitative estimate of drug-likeness (QED) is 0.338. The molecule has 34 heavy (non-hydrogen) atoms. The Morgan fingerprint density at radius 3 is 1.15 bits per heavy atom. The highest BCUT2D eigenvalue weighted by atomic mass is 16.5. The maximum atomic E-state index is 5.40. The summed E-state index contributed by atoms with van der Waals surface area (Å²) in [5.74, 6) is 3.08. The van der Waals surface area contributed by atoms with Gasteiger partial charge in [-0.1, -0.05) is 0 Å². The summed E-state index contributed by atoms with van der Waals surface area (Å²) in [5.41, 5.74) is 6.12. The molecule has 4 aromatic rings. The molecule has 0 saturated carbocycles. The van der Waals surface area contributed by atoms with Gasteiger partial charge in [0.15, 0.2) is 0 Å². The lowest BCUT2D eigenvalue weighted by molar-refractivity contribution is 0.393. The number of benzene rings is 2. The van der Waals surface area contributed by atoms with Gasteiger partial charge in [-0.25, -0.2) is 0 Å². The van der Waals surface area contributed by atoms with Gasteiger partial charge in [0.1, 0.15) is 23.0 Å². The average molecular weight is 457 g/mol. The number of aromatic nitrogens is 2. The molecule has 0 unspecified atom stereocenters. The molecule has 0 aliphatic rings. The maximum Gasteiger partial charge on any atom is 0.122 e. The van der Waals surface area contributed by atoms with Crippen LogP contribution in [0.25, 0.3) is 11.4 Å². The van der Waals surface area contributed by atoms with E-state index in [2.05, 4.69) is 22.1 Å². The van der Waals surface area contributed by atoms with E-state index in [-0.39, 0.29) is 0 Å². The summed E-state index contributed by atoms with van der Waals surface area (Å²) in [5, 5.41) is 0. The maximum absolute atomic E-state index is 5.40. The number of pyridine rings is 2. The van der Waals surface area contributed by atoms with Crippen LogP contribution >= 0.6 is 0 Å². The largest absolute Gasteiger partial charge is 0.497 e. The minimum absolute atomic E-state index is 0.729. The van der Waals surface area contributed by atoms with Gasteiger partial charge >= 0.3 is 0 Å². The van der Waals surface area contributed by atoms with Crippen molar-refractivity contribution in [2.24, 2.45) is 0 Å². The van der Waals surface area contributed by atoms with E-state index >= 15 is 0 Å². The Bertz CT molecular complexity index is 1130. The smallest absolute Gasteiger partial charge is 0.122 e. The molecular formula is C28H28N2O4. The number of rotatable bonds is 9. The highest BCUT2D eigenvalue weighted by Crippen LogP contribution is 2.27. The molecule has 6 heteroatoms. The predicted molar refractivity (Wildman–Crippen MR) is 132 cm³/mol. The van der Waals surface area contributed by atoms with Gasteiger partial charge in [0.05, 0.1) is 39.8 Å². The number of nitrogens with zero attached hydrogens (tertiary/aromatic N) is 2. The molecule has 4 rings (SSSR count). The fourth-order valence-electron chi connectivity index (χ4n) is 3.86. The summed E-state index contributed by atoms with van der Waals surface area (Å²) in [6.07, 6.45) is 5.10. The molecule has 0 spiro atoms. The monoisotopic (exact) mass is 456 g/mol. The fourth-order valence-corrected chi connectivity index (χ4v) is 3.86. The second-order valence-electron chi connectivity index (χ2n) is 7.89. The number of hydrogen-bond acceptors (Lipinski definition) is 6. The van der Waals surface area contributed by atoms with Gasteiger partial charge in [0.25, 0.3) is 0 Å². The van der Waals surface area contributed by atoms with E-state index < -0.39 is 0 Å². The highest BCUT2D eigenvalue weighted by molar-refractivity contribution is 5.56. The Labute approximate surface area is 200 Å². The molecular weight excluding hydrogens is 428 g/mol. The van der Waals surface area contributed by atoms with Gasteiger partial charge in [0.2, 0.25) is 0 Å². The van der Waals surface area contributed by atoms with Gasteiger partial charge in [-0.2, -0.15) is 0 Å². The van der Waals surface area contributed by atoms with Gasteiger partial charge in [-0.15, -0.1) is 0 Å². The van der Waals surface area contributed by atoms with Gasteiger partial charge in [-0.05, 0) is 83.6 Å². The Kier molecular flexibility index (Phi) is 7.28. The van der Waals surface area contributed by atoms with Crippen LogP contribution in [0, 0.1) is 0 Å². The first-order valence-corrected chi connectivity index (χ1v) is 10.9. The molecule has 0 aliphatic heterocycles. The van der Waals surface area contributed by atoms with Crippen LogP contribution in [0.4, 0.5) is 0 Å². The molecule has 0 atom stereocenters. The van der Waals surface area contributed by atoms with Crippen LogP contribution < -0.4 is 18.9 Å². The Morgan fingerprint density at radius 2 is 0.824 bits per heavy atom. The van der Waals surface area contributed by atoms with Crippen molar-refractivity contribution in [2.45, 2.75) is 12.8 Å². The third-order valence-electron chi connectivity index (χ3n) is 5.55. The number of hydrogen-bond donors (Lipinski definition) is 0. The second-order valence-corrected chi connectivity index (χ2v) is 7.89. The van der Waals surface area contributed by atoms with Crippen molar-refractivity contribution in [1.82, 2.24) is 9.97 Å². The first kappa shape index (κ1) is 23.1. The molecule has 0 bridgehead atoms. The van der Waals surface area contributed by atoms with Gasteiger partial charge in [0, 0.05) is 24.5 Å². The second kappa shape index (κ2) is 10.7. The fraction of sp³-hybridized carbons (Fsp3) is 0.214.